The van der Waals surface area contributed by atoms with Gasteiger partial charge in [0.1, 0.15) is 0 Å². The van der Waals surface area contributed by atoms with Crippen molar-refractivity contribution in [2.45, 2.75) is 38.9 Å². The van der Waals surface area contributed by atoms with Crippen molar-refractivity contribution in [3.05, 3.63) is 52.7 Å². The van der Waals surface area contributed by atoms with E-state index in [0.717, 1.165) is 60.4 Å². The highest BCUT2D eigenvalue weighted by atomic mass is 16.2. The molecule has 0 saturated carbocycles. The molecule has 1 amide bonds. The Hall–Kier alpha value is -2.24. The number of piperidine rings is 1. The van der Waals surface area contributed by atoms with E-state index in [4.69, 9.17) is 0 Å². The second-order valence-electron chi connectivity index (χ2n) is 8.04. The Morgan fingerprint density at radius 1 is 1.26 bits per heavy atom. The lowest BCUT2D eigenvalue weighted by molar-refractivity contribution is 0.0674. The second kappa shape index (κ2) is 7.41. The zero-order valence-electron chi connectivity index (χ0n) is 16.5. The van der Waals surface area contributed by atoms with Gasteiger partial charge in [0.25, 0.3) is 5.91 Å². The van der Waals surface area contributed by atoms with Crippen molar-refractivity contribution < 1.29 is 4.79 Å². The molecule has 5 heteroatoms. The Balaban J connectivity index is 1.64. The Labute approximate surface area is 161 Å². The number of aromatic nitrogens is 1. The molecule has 3 heterocycles. The maximum Gasteiger partial charge on any atom is 0.254 e. The molecule has 1 atom stereocenters. The highest BCUT2D eigenvalue weighted by Gasteiger charge is 2.33. The molecular weight excluding hydrogens is 336 g/mol. The van der Waals surface area contributed by atoms with Crippen LogP contribution in [0.3, 0.4) is 0 Å². The summed E-state index contributed by atoms with van der Waals surface area (Å²) in [5.41, 5.74) is 6.47. The number of aryl methyl sites for hydroxylation is 1. The number of rotatable bonds is 4. The number of hydrogen-bond donors (Lipinski definition) is 1. The van der Waals surface area contributed by atoms with Gasteiger partial charge in [-0.05, 0) is 81.4 Å². The molecule has 5 nitrogen and oxygen atoms in total. The van der Waals surface area contributed by atoms with E-state index < -0.39 is 0 Å². The van der Waals surface area contributed by atoms with Gasteiger partial charge in [-0.1, -0.05) is 0 Å². The van der Waals surface area contributed by atoms with E-state index in [-0.39, 0.29) is 5.91 Å². The Bertz CT molecular complexity index is 855. The smallest absolute Gasteiger partial charge is 0.254 e. The molecule has 2 aromatic rings. The zero-order chi connectivity index (χ0) is 19.0. The average Bonchev–Trinajstić information content (AvgIpc) is 2.97. The first kappa shape index (κ1) is 18.1. The fourth-order valence-corrected chi connectivity index (χ4v) is 4.25. The molecule has 1 aromatic heterocycles. The molecule has 1 N–H and O–H groups in total. The molecule has 0 bridgehead atoms. The van der Waals surface area contributed by atoms with E-state index in [0.29, 0.717) is 12.6 Å². The maximum atomic E-state index is 12.9. The SMILES string of the molecule is Cc1cc2c(cc1-c1cc(CN(C)C)ccn1)CN(C1CCCNC1)C2=O. The van der Waals surface area contributed by atoms with Gasteiger partial charge in [0.05, 0.1) is 5.69 Å². The highest BCUT2D eigenvalue weighted by molar-refractivity contribution is 5.99. The second-order valence-corrected chi connectivity index (χ2v) is 8.04. The first-order chi connectivity index (χ1) is 13.0. The maximum absolute atomic E-state index is 12.9. The molecule has 0 radical (unpaired) electrons. The van der Waals surface area contributed by atoms with Crippen LogP contribution in [0.25, 0.3) is 11.3 Å². The number of amides is 1. The summed E-state index contributed by atoms with van der Waals surface area (Å²) in [7, 11) is 4.14. The van der Waals surface area contributed by atoms with Crippen LogP contribution in [0.5, 0.6) is 0 Å². The Kier molecular flexibility index (Phi) is 4.98. The van der Waals surface area contributed by atoms with Gasteiger partial charge in [-0.3, -0.25) is 9.78 Å². The van der Waals surface area contributed by atoms with E-state index in [1.807, 2.05) is 6.20 Å². The summed E-state index contributed by atoms with van der Waals surface area (Å²) in [5.74, 6) is 0.183. The third-order valence-corrected chi connectivity index (χ3v) is 5.59. The first-order valence-corrected chi connectivity index (χ1v) is 9.78. The van der Waals surface area contributed by atoms with Crippen LogP contribution in [0.2, 0.25) is 0 Å². The first-order valence-electron chi connectivity index (χ1n) is 9.78. The summed E-state index contributed by atoms with van der Waals surface area (Å²) in [5, 5.41) is 3.42. The van der Waals surface area contributed by atoms with E-state index in [2.05, 4.69) is 65.4 Å². The van der Waals surface area contributed by atoms with Gasteiger partial charge >= 0.3 is 0 Å². The summed E-state index contributed by atoms with van der Waals surface area (Å²) < 4.78 is 0. The molecule has 1 aromatic carbocycles. The topological polar surface area (TPSA) is 48.5 Å². The number of nitrogens with one attached hydrogen (secondary N) is 1. The number of fused-ring (bicyclic) bond motifs is 1. The molecule has 2 aliphatic heterocycles. The number of carbonyl (C=O) groups is 1. The molecule has 2 aliphatic rings. The fourth-order valence-electron chi connectivity index (χ4n) is 4.25. The molecule has 4 rings (SSSR count). The lowest BCUT2D eigenvalue weighted by Crippen LogP contribution is -2.46. The zero-order valence-corrected chi connectivity index (χ0v) is 16.5. The van der Waals surface area contributed by atoms with Crippen LogP contribution in [-0.2, 0) is 13.1 Å². The van der Waals surface area contributed by atoms with Crippen LogP contribution in [0, 0.1) is 6.92 Å². The fraction of sp³-hybridized carbons (Fsp3) is 0.455. The molecule has 1 unspecified atom stereocenters. The van der Waals surface area contributed by atoms with Gasteiger partial charge in [-0.2, -0.15) is 0 Å². The normalized spacial score (nSPS) is 19.6. The molecule has 1 fully saturated rings. The van der Waals surface area contributed by atoms with Crippen molar-refractivity contribution in [1.82, 2.24) is 20.1 Å². The van der Waals surface area contributed by atoms with Gasteiger partial charge in [0.2, 0.25) is 0 Å². The molecule has 142 valence electrons. The third kappa shape index (κ3) is 3.62. The van der Waals surface area contributed by atoms with Crippen molar-refractivity contribution in [2.24, 2.45) is 0 Å². The van der Waals surface area contributed by atoms with E-state index >= 15 is 0 Å². The van der Waals surface area contributed by atoms with Crippen LogP contribution in [0.1, 0.15) is 39.9 Å². The molecule has 1 saturated heterocycles. The minimum atomic E-state index is 0.183. The van der Waals surface area contributed by atoms with Crippen molar-refractivity contribution in [3.63, 3.8) is 0 Å². The standard InChI is InChI=1S/C22H28N4O/c1-15-9-20-17(14-26(22(20)27)18-5-4-7-23-12-18)11-19(15)21-10-16(6-8-24-21)13-25(2)3/h6,8-11,18,23H,4-5,7,12-14H2,1-3H3. The van der Waals surface area contributed by atoms with Crippen LogP contribution in [-0.4, -0.2) is 53.9 Å². The van der Waals surface area contributed by atoms with E-state index in [9.17, 15) is 4.79 Å². The number of pyridine rings is 1. The van der Waals surface area contributed by atoms with Gasteiger partial charge in [-0.15, -0.1) is 0 Å². The average molecular weight is 364 g/mol. The lowest BCUT2D eigenvalue weighted by atomic mass is 9.97. The van der Waals surface area contributed by atoms with Crippen molar-refractivity contribution >= 4 is 5.91 Å². The Morgan fingerprint density at radius 2 is 2.11 bits per heavy atom. The highest BCUT2D eigenvalue weighted by Crippen LogP contribution is 2.32. The van der Waals surface area contributed by atoms with E-state index in [1.54, 1.807) is 0 Å². The number of nitrogens with zero attached hydrogens (tertiary/aromatic N) is 3. The summed E-state index contributed by atoms with van der Waals surface area (Å²) >= 11 is 0. The van der Waals surface area contributed by atoms with Gasteiger partial charge in [0.15, 0.2) is 0 Å². The summed E-state index contributed by atoms with van der Waals surface area (Å²) in [6.45, 7) is 5.64. The largest absolute Gasteiger partial charge is 0.330 e. The molecule has 0 spiro atoms. The summed E-state index contributed by atoms with van der Waals surface area (Å²) in [4.78, 5) is 21.8. The van der Waals surface area contributed by atoms with Crippen LogP contribution in [0.15, 0.2) is 30.5 Å². The summed E-state index contributed by atoms with van der Waals surface area (Å²) in [6, 6.07) is 8.77. The monoisotopic (exact) mass is 364 g/mol. The van der Waals surface area contributed by atoms with Crippen molar-refractivity contribution in [2.75, 3.05) is 27.2 Å². The van der Waals surface area contributed by atoms with Gasteiger partial charge in [-0.25, -0.2) is 0 Å². The van der Waals surface area contributed by atoms with Crippen LogP contribution in [0.4, 0.5) is 0 Å². The molecule has 0 aliphatic carbocycles. The van der Waals surface area contributed by atoms with Crippen LogP contribution >= 0.6 is 0 Å². The lowest BCUT2D eigenvalue weighted by Gasteiger charge is -2.31. The molecular formula is C22H28N4O. The van der Waals surface area contributed by atoms with Gasteiger partial charge < -0.3 is 15.1 Å². The summed E-state index contributed by atoms with van der Waals surface area (Å²) in [6.07, 6.45) is 4.11. The predicted octanol–water partition coefficient (Wildman–Crippen LogP) is 2.83. The molecule has 27 heavy (non-hydrogen) atoms. The minimum Gasteiger partial charge on any atom is -0.330 e. The minimum absolute atomic E-state index is 0.183. The number of benzene rings is 1. The van der Waals surface area contributed by atoms with Crippen LogP contribution < -0.4 is 5.32 Å². The Morgan fingerprint density at radius 3 is 2.85 bits per heavy atom. The van der Waals surface area contributed by atoms with Crippen molar-refractivity contribution in [3.8, 4) is 11.3 Å². The van der Waals surface area contributed by atoms with Gasteiger partial charge in [0, 0.05) is 43.0 Å². The number of carbonyl (C=O) groups excluding carboxylic acids is 1. The quantitative estimate of drug-likeness (QED) is 0.906. The van der Waals surface area contributed by atoms with Crippen molar-refractivity contribution in [1.29, 1.82) is 0 Å². The van der Waals surface area contributed by atoms with E-state index in [1.165, 1.54) is 5.56 Å². The number of hydrogen-bond acceptors (Lipinski definition) is 4. The third-order valence-electron chi connectivity index (χ3n) is 5.59. The predicted molar refractivity (Wildman–Crippen MR) is 108 cm³/mol.